The topological polar surface area (TPSA) is 23.8 Å². The Kier molecular flexibility index (Phi) is 1.87. The van der Waals surface area contributed by atoms with E-state index in [2.05, 4.69) is 6.07 Å². The summed E-state index contributed by atoms with van der Waals surface area (Å²) < 4.78 is 0. The zero-order valence-corrected chi connectivity index (χ0v) is 5.04. The van der Waals surface area contributed by atoms with Crippen molar-refractivity contribution in [2.75, 3.05) is 0 Å². The Morgan fingerprint density at radius 2 is 1.89 bits per heavy atom. The fourth-order valence-corrected chi connectivity index (χ4v) is 0.687. The van der Waals surface area contributed by atoms with E-state index in [4.69, 9.17) is 5.26 Å². The molecule has 0 bridgehead atoms. The lowest BCUT2D eigenvalue weighted by molar-refractivity contribution is 1.26. The van der Waals surface area contributed by atoms with E-state index in [9.17, 15) is 0 Å². The summed E-state index contributed by atoms with van der Waals surface area (Å²) in [5.74, 6) is 0. The molecule has 1 nitrogen and oxygen atoms in total. The first-order valence-electron chi connectivity index (χ1n) is 2.84. The van der Waals surface area contributed by atoms with E-state index in [-0.39, 0.29) is 0 Å². The lowest BCUT2D eigenvalue weighted by atomic mass is 10.2. The first kappa shape index (κ1) is 5.84. The maximum atomic E-state index is 8.27. The molecule has 44 valence electrons. The molecule has 0 spiro atoms. The summed E-state index contributed by atoms with van der Waals surface area (Å²) >= 11 is 0. The van der Waals surface area contributed by atoms with Crippen LogP contribution in [-0.2, 0) is 6.42 Å². The highest BCUT2D eigenvalue weighted by Gasteiger charge is 1.84. The van der Waals surface area contributed by atoms with Gasteiger partial charge in [0, 0.05) is 0 Å². The normalized spacial score (nSPS) is 8.33. The number of hydrogen-bond donors (Lipinski definition) is 0. The van der Waals surface area contributed by atoms with Crippen LogP contribution in [0.2, 0.25) is 0 Å². The lowest BCUT2D eigenvalue weighted by Gasteiger charge is -1.88. The van der Waals surface area contributed by atoms with Crippen LogP contribution in [0.1, 0.15) is 5.56 Å². The fraction of sp³-hybridized carbons (Fsp3) is 0.125. The summed E-state index contributed by atoms with van der Waals surface area (Å²) in [7, 11) is 0. The minimum atomic E-state index is 0.515. The summed E-state index contributed by atoms with van der Waals surface area (Å²) in [4.78, 5) is 0. The van der Waals surface area contributed by atoms with Gasteiger partial charge in [0.15, 0.2) is 0 Å². The highest BCUT2D eigenvalue weighted by molar-refractivity contribution is 5.17. The Hall–Kier alpha value is -1.29. The molecule has 0 unspecified atom stereocenters. The van der Waals surface area contributed by atoms with Crippen molar-refractivity contribution in [1.82, 2.24) is 0 Å². The predicted octanol–water partition coefficient (Wildman–Crippen LogP) is 1.75. The third-order valence-corrected chi connectivity index (χ3v) is 1.13. The lowest BCUT2D eigenvalue weighted by Crippen LogP contribution is -1.76. The molecule has 1 aromatic carbocycles. The van der Waals surface area contributed by atoms with Crippen molar-refractivity contribution in [2.24, 2.45) is 0 Å². The molecule has 0 radical (unpaired) electrons. The Morgan fingerprint density at radius 3 is 2.44 bits per heavy atom. The van der Waals surface area contributed by atoms with Crippen LogP contribution in [0.25, 0.3) is 0 Å². The largest absolute Gasteiger partial charge is 0.198 e. The van der Waals surface area contributed by atoms with Crippen LogP contribution in [0.4, 0.5) is 0 Å². The van der Waals surface area contributed by atoms with E-state index in [1.165, 1.54) is 0 Å². The molecule has 0 aliphatic carbocycles. The van der Waals surface area contributed by atoms with E-state index >= 15 is 0 Å². The Morgan fingerprint density at radius 1 is 1.22 bits per heavy atom. The van der Waals surface area contributed by atoms with Crippen LogP contribution < -0.4 is 0 Å². The smallest absolute Gasteiger partial charge is 0.0669 e. The quantitative estimate of drug-likeness (QED) is 0.552. The number of hydrogen-bond acceptors (Lipinski definition) is 1. The molecule has 0 aliphatic heterocycles. The van der Waals surface area contributed by atoms with E-state index in [1.54, 1.807) is 0 Å². The summed E-state index contributed by atoms with van der Waals surface area (Å²) in [6.07, 6.45) is 0.515. The standard InChI is InChI=1S/C8H7N/c9-7-6-8-4-2-1-3-5-8/h1-5H,6H2/i7+2. The summed E-state index contributed by atoms with van der Waals surface area (Å²) in [5, 5.41) is 8.27. The van der Waals surface area contributed by atoms with Crippen LogP contribution >= 0.6 is 0 Å². The average molecular weight is 119 g/mol. The summed E-state index contributed by atoms with van der Waals surface area (Å²) in [6, 6.07) is 11.8. The summed E-state index contributed by atoms with van der Waals surface area (Å²) in [5.41, 5.74) is 1.08. The zero-order valence-electron chi connectivity index (χ0n) is 5.04. The highest BCUT2D eigenvalue weighted by atomic mass is 14.8. The van der Waals surface area contributed by atoms with Crippen molar-refractivity contribution in [3.8, 4) is 6.07 Å². The van der Waals surface area contributed by atoms with Gasteiger partial charge in [-0.25, -0.2) is 0 Å². The molecule has 1 heteroatoms. The van der Waals surface area contributed by atoms with Gasteiger partial charge < -0.3 is 0 Å². The van der Waals surface area contributed by atoms with Crippen molar-refractivity contribution in [1.29, 1.82) is 5.26 Å². The van der Waals surface area contributed by atoms with Gasteiger partial charge in [-0.2, -0.15) is 5.26 Å². The molecule has 0 heterocycles. The van der Waals surface area contributed by atoms with E-state index in [0.29, 0.717) is 6.42 Å². The van der Waals surface area contributed by atoms with Gasteiger partial charge in [0.25, 0.3) is 0 Å². The first-order chi connectivity index (χ1) is 4.43. The van der Waals surface area contributed by atoms with Crippen molar-refractivity contribution in [3.05, 3.63) is 35.9 Å². The van der Waals surface area contributed by atoms with E-state index in [1.807, 2.05) is 30.3 Å². The molecule has 0 atom stereocenters. The second-order valence-corrected chi connectivity index (χ2v) is 1.82. The van der Waals surface area contributed by atoms with Gasteiger partial charge in [0.1, 0.15) is 0 Å². The molecular weight excluding hydrogens is 112 g/mol. The van der Waals surface area contributed by atoms with Crippen molar-refractivity contribution in [3.63, 3.8) is 0 Å². The van der Waals surface area contributed by atoms with Gasteiger partial charge in [-0.05, 0) is 5.56 Å². The third kappa shape index (κ3) is 1.58. The molecule has 1 aromatic rings. The van der Waals surface area contributed by atoms with Crippen molar-refractivity contribution in [2.45, 2.75) is 6.42 Å². The number of nitrogens with zero attached hydrogens (tertiary/aromatic N) is 1. The van der Waals surface area contributed by atoms with Crippen LogP contribution in [0, 0.1) is 11.3 Å². The van der Waals surface area contributed by atoms with E-state index in [0.717, 1.165) is 5.56 Å². The highest BCUT2D eigenvalue weighted by Crippen LogP contribution is 1.96. The Balaban J connectivity index is 2.76. The van der Waals surface area contributed by atoms with Gasteiger partial charge in [0.05, 0.1) is 12.5 Å². The number of rotatable bonds is 1. The second kappa shape index (κ2) is 2.88. The molecule has 0 saturated heterocycles. The maximum absolute atomic E-state index is 8.27. The molecule has 9 heavy (non-hydrogen) atoms. The molecule has 0 aromatic heterocycles. The summed E-state index contributed by atoms with van der Waals surface area (Å²) in [6.45, 7) is 0. The first-order valence-corrected chi connectivity index (χ1v) is 2.84. The predicted molar refractivity (Wildman–Crippen MR) is 35.8 cm³/mol. The molecule has 0 amide bonds. The van der Waals surface area contributed by atoms with Gasteiger partial charge in [0.2, 0.25) is 0 Å². The van der Waals surface area contributed by atoms with Gasteiger partial charge >= 0.3 is 0 Å². The SMILES string of the molecule is N#[14C]Cc1ccccc1. The number of benzene rings is 1. The molecule has 0 saturated carbocycles. The maximum Gasteiger partial charge on any atom is 0.0669 e. The Bertz CT molecular complexity index is 208. The van der Waals surface area contributed by atoms with Gasteiger partial charge in [-0.3, -0.25) is 0 Å². The van der Waals surface area contributed by atoms with Crippen molar-refractivity contribution >= 4 is 0 Å². The Labute approximate surface area is 54.6 Å². The molecule has 0 fully saturated rings. The van der Waals surface area contributed by atoms with E-state index < -0.39 is 0 Å². The molecule has 0 aliphatic rings. The van der Waals surface area contributed by atoms with Crippen LogP contribution in [-0.4, -0.2) is 0 Å². The monoisotopic (exact) mass is 119 g/mol. The van der Waals surface area contributed by atoms with Crippen LogP contribution in [0.5, 0.6) is 0 Å². The second-order valence-electron chi connectivity index (χ2n) is 1.82. The minimum Gasteiger partial charge on any atom is -0.198 e. The third-order valence-electron chi connectivity index (χ3n) is 1.13. The van der Waals surface area contributed by atoms with Gasteiger partial charge in [-0.15, -0.1) is 0 Å². The minimum absolute atomic E-state index is 0.515. The number of nitriles is 1. The molecule has 0 N–H and O–H groups in total. The van der Waals surface area contributed by atoms with Gasteiger partial charge in [-0.1, -0.05) is 30.3 Å². The van der Waals surface area contributed by atoms with Crippen LogP contribution in [0.15, 0.2) is 30.3 Å². The molecule has 1 rings (SSSR count). The fourth-order valence-electron chi connectivity index (χ4n) is 0.687. The average Bonchev–Trinajstić information content (AvgIpc) is 1.91. The molecular formula is C8H7N. The van der Waals surface area contributed by atoms with Crippen molar-refractivity contribution < 1.29 is 0 Å². The van der Waals surface area contributed by atoms with Crippen LogP contribution in [0.3, 0.4) is 0 Å². The zero-order chi connectivity index (χ0) is 6.53.